The van der Waals surface area contributed by atoms with Crippen LogP contribution in [0.3, 0.4) is 0 Å². The van der Waals surface area contributed by atoms with Crippen molar-refractivity contribution in [1.29, 1.82) is 0 Å². The summed E-state index contributed by atoms with van der Waals surface area (Å²) in [6, 6.07) is 6.27. The molecule has 0 saturated heterocycles. The molecule has 4 heteroatoms. The van der Waals surface area contributed by atoms with E-state index in [4.69, 9.17) is 15.2 Å². The maximum atomic E-state index is 5.78. The Morgan fingerprint density at radius 1 is 1.29 bits per heavy atom. The van der Waals surface area contributed by atoms with Gasteiger partial charge in [0.2, 0.25) is 0 Å². The molecule has 0 amide bonds. The summed E-state index contributed by atoms with van der Waals surface area (Å²) >= 11 is 0. The summed E-state index contributed by atoms with van der Waals surface area (Å²) in [5.74, 6) is 0.719. The predicted octanol–water partition coefficient (Wildman–Crippen LogP) is 2.26. The van der Waals surface area contributed by atoms with Crippen molar-refractivity contribution in [1.82, 2.24) is 0 Å². The third-order valence-corrected chi connectivity index (χ3v) is 3.32. The number of hydrogen-bond acceptors (Lipinski definition) is 4. The van der Waals surface area contributed by atoms with Crippen LogP contribution in [0, 0.1) is 0 Å². The van der Waals surface area contributed by atoms with Crippen molar-refractivity contribution >= 4 is 11.4 Å². The molecule has 0 radical (unpaired) electrons. The van der Waals surface area contributed by atoms with Crippen LogP contribution in [0.15, 0.2) is 18.2 Å². The largest absolute Gasteiger partial charge is 0.495 e. The molecule has 0 spiro atoms. The van der Waals surface area contributed by atoms with Gasteiger partial charge in [0, 0.05) is 24.9 Å². The molecule has 0 aliphatic heterocycles. The lowest BCUT2D eigenvalue weighted by atomic mass is 10.2. The van der Waals surface area contributed by atoms with Gasteiger partial charge < -0.3 is 20.5 Å². The van der Waals surface area contributed by atoms with Crippen molar-refractivity contribution in [2.75, 3.05) is 25.3 Å². The summed E-state index contributed by atoms with van der Waals surface area (Å²) in [7, 11) is 3.41. The molecule has 2 unspecified atom stereocenters. The van der Waals surface area contributed by atoms with E-state index in [9.17, 15) is 0 Å². The lowest BCUT2D eigenvalue weighted by molar-refractivity contribution is 0.108. The Bertz CT molecular complexity index is 382. The van der Waals surface area contributed by atoms with E-state index in [1.165, 1.54) is 0 Å². The first-order chi connectivity index (χ1) is 8.22. The van der Waals surface area contributed by atoms with Crippen LogP contribution >= 0.6 is 0 Å². The maximum absolute atomic E-state index is 5.78. The lowest BCUT2D eigenvalue weighted by Crippen LogP contribution is -2.17. The van der Waals surface area contributed by atoms with Crippen LogP contribution in [0.2, 0.25) is 0 Å². The van der Waals surface area contributed by atoms with Crippen molar-refractivity contribution in [3.05, 3.63) is 18.2 Å². The van der Waals surface area contributed by atoms with Gasteiger partial charge in [-0.2, -0.15) is 0 Å². The predicted molar refractivity (Wildman–Crippen MR) is 69.5 cm³/mol. The van der Waals surface area contributed by atoms with Gasteiger partial charge in [-0.1, -0.05) is 0 Å². The van der Waals surface area contributed by atoms with Crippen LogP contribution < -0.4 is 15.8 Å². The third kappa shape index (κ3) is 2.82. The van der Waals surface area contributed by atoms with Crippen molar-refractivity contribution in [2.24, 2.45) is 0 Å². The molecule has 1 aliphatic carbocycles. The number of nitrogens with one attached hydrogen (secondary N) is 1. The fraction of sp³-hybridized carbons (Fsp3) is 0.538. The van der Waals surface area contributed by atoms with Crippen LogP contribution in [0.1, 0.15) is 19.3 Å². The molecule has 1 fully saturated rings. The average Bonchev–Trinajstić information content (AvgIpc) is 2.79. The summed E-state index contributed by atoms with van der Waals surface area (Å²) in [5, 5.41) is 3.49. The zero-order valence-electron chi connectivity index (χ0n) is 10.4. The molecule has 1 aromatic rings. The highest BCUT2D eigenvalue weighted by molar-refractivity contribution is 5.61. The van der Waals surface area contributed by atoms with E-state index >= 15 is 0 Å². The first-order valence-corrected chi connectivity index (χ1v) is 5.95. The van der Waals surface area contributed by atoms with Crippen LogP contribution in [0.4, 0.5) is 11.4 Å². The standard InChI is InChI=1S/C13H20N2O2/c1-16-11-5-3-9(7-11)15-10-4-6-12(14)13(8-10)17-2/h4,6,8-9,11,15H,3,5,7,14H2,1-2H3. The number of anilines is 2. The number of hydrogen-bond donors (Lipinski definition) is 2. The summed E-state index contributed by atoms with van der Waals surface area (Å²) < 4.78 is 10.6. The van der Waals surface area contributed by atoms with Gasteiger partial charge in [0.05, 0.1) is 18.9 Å². The van der Waals surface area contributed by atoms with E-state index in [0.29, 0.717) is 17.8 Å². The molecule has 3 N–H and O–H groups in total. The molecule has 1 aromatic carbocycles. The Labute approximate surface area is 102 Å². The Hall–Kier alpha value is -1.42. The number of ether oxygens (including phenoxy) is 2. The number of nitrogen functional groups attached to an aromatic ring is 1. The second-order valence-corrected chi connectivity index (χ2v) is 4.47. The average molecular weight is 236 g/mol. The molecule has 94 valence electrons. The summed E-state index contributed by atoms with van der Waals surface area (Å²) in [4.78, 5) is 0. The SMILES string of the molecule is COc1cc(NC2CCC(OC)C2)ccc1N. The zero-order valence-corrected chi connectivity index (χ0v) is 10.4. The Kier molecular flexibility index (Phi) is 3.74. The van der Waals surface area contributed by atoms with Crippen LogP contribution in [-0.2, 0) is 4.74 Å². The Morgan fingerprint density at radius 2 is 2.12 bits per heavy atom. The minimum atomic E-state index is 0.392. The molecule has 17 heavy (non-hydrogen) atoms. The zero-order chi connectivity index (χ0) is 12.3. The fourth-order valence-electron chi connectivity index (χ4n) is 2.32. The van der Waals surface area contributed by atoms with Gasteiger partial charge in [-0.05, 0) is 31.4 Å². The molecule has 0 bridgehead atoms. The molecule has 0 heterocycles. The fourth-order valence-corrected chi connectivity index (χ4v) is 2.32. The first-order valence-electron chi connectivity index (χ1n) is 5.95. The molecular weight excluding hydrogens is 216 g/mol. The van der Waals surface area contributed by atoms with Gasteiger partial charge >= 0.3 is 0 Å². The van der Waals surface area contributed by atoms with Gasteiger partial charge in [-0.25, -0.2) is 0 Å². The molecule has 1 aliphatic rings. The second-order valence-electron chi connectivity index (χ2n) is 4.47. The first kappa shape index (κ1) is 12.0. The summed E-state index contributed by atoms with van der Waals surface area (Å²) in [6.07, 6.45) is 3.72. The Balaban J connectivity index is 1.99. The monoisotopic (exact) mass is 236 g/mol. The minimum Gasteiger partial charge on any atom is -0.495 e. The summed E-state index contributed by atoms with van der Waals surface area (Å²) in [5.41, 5.74) is 7.50. The number of nitrogens with two attached hydrogens (primary N) is 1. The van der Waals surface area contributed by atoms with Gasteiger partial charge in [-0.15, -0.1) is 0 Å². The third-order valence-electron chi connectivity index (χ3n) is 3.32. The Morgan fingerprint density at radius 3 is 2.76 bits per heavy atom. The number of methoxy groups -OCH3 is 2. The van der Waals surface area contributed by atoms with E-state index in [2.05, 4.69) is 5.32 Å². The molecule has 1 saturated carbocycles. The van der Waals surface area contributed by atoms with E-state index in [-0.39, 0.29) is 0 Å². The topological polar surface area (TPSA) is 56.5 Å². The van der Waals surface area contributed by atoms with Crippen LogP contribution in [0.25, 0.3) is 0 Å². The van der Waals surface area contributed by atoms with Crippen LogP contribution in [-0.4, -0.2) is 26.4 Å². The van der Waals surface area contributed by atoms with E-state index in [1.807, 2.05) is 18.2 Å². The van der Waals surface area contributed by atoms with Gasteiger partial charge in [0.15, 0.2) is 0 Å². The van der Waals surface area contributed by atoms with E-state index < -0.39 is 0 Å². The molecule has 0 aromatic heterocycles. The number of benzene rings is 1. The van der Waals surface area contributed by atoms with Gasteiger partial charge in [-0.3, -0.25) is 0 Å². The highest BCUT2D eigenvalue weighted by atomic mass is 16.5. The summed E-state index contributed by atoms with van der Waals surface area (Å²) in [6.45, 7) is 0. The smallest absolute Gasteiger partial charge is 0.143 e. The van der Waals surface area contributed by atoms with Gasteiger partial charge in [0.1, 0.15) is 5.75 Å². The normalized spacial score (nSPS) is 23.6. The molecular formula is C13H20N2O2. The van der Waals surface area contributed by atoms with E-state index in [0.717, 1.165) is 30.7 Å². The number of rotatable bonds is 4. The molecule has 4 nitrogen and oxygen atoms in total. The van der Waals surface area contributed by atoms with E-state index in [1.54, 1.807) is 14.2 Å². The van der Waals surface area contributed by atoms with Crippen molar-refractivity contribution < 1.29 is 9.47 Å². The van der Waals surface area contributed by atoms with Gasteiger partial charge in [0.25, 0.3) is 0 Å². The molecule has 2 rings (SSSR count). The van der Waals surface area contributed by atoms with Crippen LogP contribution in [0.5, 0.6) is 5.75 Å². The highest BCUT2D eigenvalue weighted by Gasteiger charge is 2.24. The van der Waals surface area contributed by atoms with Crippen molar-refractivity contribution in [2.45, 2.75) is 31.4 Å². The highest BCUT2D eigenvalue weighted by Crippen LogP contribution is 2.29. The molecule has 2 atom stereocenters. The minimum absolute atomic E-state index is 0.392. The maximum Gasteiger partial charge on any atom is 0.143 e. The van der Waals surface area contributed by atoms with Crippen molar-refractivity contribution in [3.8, 4) is 5.75 Å². The lowest BCUT2D eigenvalue weighted by Gasteiger charge is -2.15. The second kappa shape index (κ2) is 5.27. The quantitative estimate of drug-likeness (QED) is 0.787. The van der Waals surface area contributed by atoms with Crippen molar-refractivity contribution in [3.63, 3.8) is 0 Å².